The van der Waals surface area contributed by atoms with Gasteiger partial charge in [-0.2, -0.15) is 0 Å². The van der Waals surface area contributed by atoms with Gasteiger partial charge in [0.05, 0.1) is 5.69 Å². The Morgan fingerprint density at radius 1 is 1.53 bits per heavy atom. The SMILES string of the molecule is CS(=O)(=O)CC(=O)Nc1ccc(F)cc1/C(N)=N/O. The summed E-state index contributed by atoms with van der Waals surface area (Å²) in [6.07, 6.45) is 0.904. The third-order valence-electron chi connectivity index (χ3n) is 2.03. The highest BCUT2D eigenvalue weighted by Crippen LogP contribution is 2.17. The number of hydrogen-bond acceptors (Lipinski definition) is 5. The van der Waals surface area contributed by atoms with Gasteiger partial charge < -0.3 is 16.3 Å². The normalized spacial score (nSPS) is 12.2. The maximum absolute atomic E-state index is 13.1. The predicted octanol–water partition coefficient (Wildman–Crippen LogP) is -0.0967. The topological polar surface area (TPSA) is 122 Å². The minimum absolute atomic E-state index is 0.0466. The van der Waals surface area contributed by atoms with Crippen LogP contribution in [-0.2, 0) is 14.6 Å². The number of rotatable bonds is 4. The smallest absolute Gasteiger partial charge is 0.239 e. The summed E-state index contributed by atoms with van der Waals surface area (Å²) in [7, 11) is -3.49. The van der Waals surface area contributed by atoms with Gasteiger partial charge in [-0.1, -0.05) is 5.16 Å². The number of amides is 1. The standard InChI is InChI=1S/C10H12FN3O4S/c1-19(17,18)5-9(15)13-8-3-2-6(11)4-7(8)10(12)14-16/h2-4,16H,5H2,1H3,(H2,12,14)(H,13,15). The van der Waals surface area contributed by atoms with Crippen LogP contribution >= 0.6 is 0 Å². The third kappa shape index (κ3) is 4.54. The molecule has 0 aliphatic rings. The molecule has 0 unspecified atom stereocenters. The Morgan fingerprint density at radius 2 is 2.16 bits per heavy atom. The molecule has 1 rings (SSSR count). The molecule has 0 spiro atoms. The van der Waals surface area contributed by atoms with Gasteiger partial charge in [-0.05, 0) is 18.2 Å². The Kier molecular flexibility index (Phi) is 4.43. The van der Waals surface area contributed by atoms with E-state index >= 15 is 0 Å². The van der Waals surface area contributed by atoms with Crippen LogP contribution in [0.15, 0.2) is 23.4 Å². The van der Waals surface area contributed by atoms with Gasteiger partial charge in [-0.25, -0.2) is 12.8 Å². The van der Waals surface area contributed by atoms with Crippen LogP contribution in [0.1, 0.15) is 5.56 Å². The summed E-state index contributed by atoms with van der Waals surface area (Å²) in [6, 6.07) is 3.18. The molecule has 1 aromatic rings. The molecule has 7 nitrogen and oxygen atoms in total. The van der Waals surface area contributed by atoms with E-state index in [-0.39, 0.29) is 11.3 Å². The number of halogens is 1. The number of nitrogens with zero attached hydrogens (tertiary/aromatic N) is 1. The fourth-order valence-electron chi connectivity index (χ4n) is 1.32. The summed E-state index contributed by atoms with van der Waals surface area (Å²) in [5, 5.41) is 13.5. The summed E-state index contributed by atoms with van der Waals surface area (Å²) >= 11 is 0. The second-order valence-electron chi connectivity index (χ2n) is 3.79. The number of sulfone groups is 1. The second-order valence-corrected chi connectivity index (χ2v) is 5.93. The molecule has 0 heterocycles. The molecule has 0 aliphatic carbocycles. The maximum Gasteiger partial charge on any atom is 0.239 e. The van der Waals surface area contributed by atoms with Crippen LogP contribution in [0.4, 0.5) is 10.1 Å². The zero-order chi connectivity index (χ0) is 14.6. The molecular weight excluding hydrogens is 277 g/mol. The van der Waals surface area contributed by atoms with E-state index in [1.807, 2.05) is 0 Å². The van der Waals surface area contributed by atoms with Gasteiger partial charge in [-0.3, -0.25) is 4.79 Å². The van der Waals surface area contributed by atoms with E-state index < -0.39 is 33.2 Å². The molecular formula is C10H12FN3O4S. The van der Waals surface area contributed by atoms with Crippen molar-refractivity contribution >= 4 is 27.3 Å². The van der Waals surface area contributed by atoms with Crippen molar-refractivity contribution in [2.24, 2.45) is 10.9 Å². The average Bonchev–Trinajstić information content (AvgIpc) is 2.28. The highest BCUT2D eigenvalue weighted by molar-refractivity contribution is 7.91. The molecule has 9 heteroatoms. The quantitative estimate of drug-likeness (QED) is 0.309. The molecule has 19 heavy (non-hydrogen) atoms. The fraction of sp³-hybridized carbons (Fsp3) is 0.200. The van der Waals surface area contributed by atoms with Crippen LogP contribution in [0, 0.1) is 5.82 Å². The number of benzene rings is 1. The number of carbonyl (C=O) groups excluding carboxylic acids is 1. The van der Waals surface area contributed by atoms with Crippen molar-refractivity contribution in [3.8, 4) is 0 Å². The summed E-state index contributed by atoms with van der Waals surface area (Å²) in [6.45, 7) is 0. The first-order valence-electron chi connectivity index (χ1n) is 4.98. The second kappa shape index (κ2) is 5.65. The van der Waals surface area contributed by atoms with E-state index in [0.29, 0.717) is 0 Å². The van der Waals surface area contributed by atoms with Crippen molar-refractivity contribution in [1.82, 2.24) is 0 Å². The van der Waals surface area contributed by atoms with Crippen LogP contribution in [0.3, 0.4) is 0 Å². The lowest BCUT2D eigenvalue weighted by atomic mass is 10.1. The highest BCUT2D eigenvalue weighted by atomic mass is 32.2. The van der Waals surface area contributed by atoms with Crippen molar-refractivity contribution in [3.05, 3.63) is 29.6 Å². The van der Waals surface area contributed by atoms with Crippen LogP contribution in [0.25, 0.3) is 0 Å². The lowest BCUT2D eigenvalue weighted by Gasteiger charge is -2.09. The van der Waals surface area contributed by atoms with Gasteiger partial charge in [0.15, 0.2) is 15.7 Å². The molecule has 104 valence electrons. The van der Waals surface area contributed by atoms with Crippen molar-refractivity contribution in [2.75, 3.05) is 17.3 Å². The van der Waals surface area contributed by atoms with Crippen molar-refractivity contribution in [3.63, 3.8) is 0 Å². The van der Waals surface area contributed by atoms with Gasteiger partial charge in [0.2, 0.25) is 5.91 Å². The first-order valence-corrected chi connectivity index (χ1v) is 7.04. The predicted molar refractivity (Wildman–Crippen MR) is 67.3 cm³/mol. The Morgan fingerprint density at radius 3 is 2.68 bits per heavy atom. The van der Waals surface area contributed by atoms with E-state index in [0.717, 1.165) is 18.4 Å². The number of anilines is 1. The lowest BCUT2D eigenvalue weighted by molar-refractivity contribution is -0.113. The van der Waals surface area contributed by atoms with Gasteiger partial charge >= 0.3 is 0 Å². The number of hydrogen-bond donors (Lipinski definition) is 3. The van der Waals surface area contributed by atoms with E-state index in [1.54, 1.807) is 0 Å². The van der Waals surface area contributed by atoms with Crippen LogP contribution < -0.4 is 11.1 Å². The molecule has 0 aromatic heterocycles. The number of nitrogens with one attached hydrogen (secondary N) is 1. The van der Waals surface area contributed by atoms with E-state index in [1.165, 1.54) is 6.07 Å². The van der Waals surface area contributed by atoms with Gasteiger partial charge in [-0.15, -0.1) is 0 Å². The first kappa shape index (κ1) is 14.9. The lowest BCUT2D eigenvalue weighted by Crippen LogP contribution is -2.24. The largest absolute Gasteiger partial charge is 0.409 e. The molecule has 0 saturated carbocycles. The summed E-state index contributed by atoms with van der Waals surface area (Å²) in [5.41, 5.74) is 5.33. The average molecular weight is 289 g/mol. The van der Waals surface area contributed by atoms with Gasteiger partial charge in [0.1, 0.15) is 11.6 Å². The zero-order valence-corrected chi connectivity index (χ0v) is 10.7. The van der Waals surface area contributed by atoms with Crippen LogP contribution in [0.2, 0.25) is 0 Å². The van der Waals surface area contributed by atoms with Crippen molar-refractivity contribution < 1.29 is 22.8 Å². The van der Waals surface area contributed by atoms with E-state index in [9.17, 15) is 17.6 Å². The third-order valence-corrected chi connectivity index (χ3v) is 2.82. The highest BCUT2D eigenvalue weighted by Gasteiger charge is 2.15. The first-order chi connectivity index (χ1) is 8.73. The molecule has 0 aliphatic heterocycles. The fourth-order valence-corrected chi connectivity index (χ4v) is 1.86. The molecule has 1 amide bonds. The van der Waals surface area contributed by atoms with E-state index in [2.05, 4.69) is 10.5 Å². The Balaban J connectivity index is 3.05. The van der Waals surface area contributed by atoms with E-state index in [4.69, 9.17) is 10.9 Å². The van der Waals surface area contributed by atoms with Crippen LogP contribution in [0.5, 0.6) is 0 Å². The number of nitrogens with two attached hydrogens (primary N) is 1. The summed E-state index contributed by atoms with van der Waals surface area (Å²) < 4.78 is 35.0. The molecule has 0 bridgehead atoms. The maximum atomic E-state index is 13.1. The monoisotopic (exact) mass is 289 g/mol. The van der Waals surface area contributed by atoms with Crippen LogP contribution in [-0.4, -0.2) is 37.4 Å². The molecule has 4 N–H and O–H groups in total. The minimum Gasteiger partial charge on any atom is -0.409 e. The summed E-state index contributed by atoms with van der Waals surface area (Å²) in [4.78, 5) is 11.4. The Labute approximate surface area is 108 Å². The number of carbonyl (C=O) groups is 1. The molecule has 0 atom stereocenters. The summed E-state index contributed by atoms with van der Waals surface area (Å²) in [5.74, 6) is -2.59. The number of amidine groups is 1. The Hall–Kier alpha value is -2.16. The van der Waals surface area contributed by atoms with Crippen molar-refractivity contribution in [1.29, 1.82) is 0 Å². The number of oxime groups is 1. The van der Waals surface area contributed by atoms with Gasteiger partial charge in [0.25, 0.3) is 0 Å². The zero-order valence-electron chi connectivity index (χ0n) is 9.92. The molecule has 1 aromatic carbocycles. The van der Waals surface area contributed by atoms with Crippen molar-refractivity contribution in [2.45, 2.75) is 0 Å². The molecule has 0 radical (unpaired) electrons. The minimum atomic E-state index is -3.49. The van der Waals surface area contributed by atoms with Gasteiger partial charge in [0, 0.05) is 11.8 Å². The molecule has 0 fully saturated rings. The molecule has 0 saturated heterocycles. The Bertz CT molecular complexity index is 628.